The molecule has 0 aromatic heterocycles. The number of urea groups is 2. The Labute approximate surface area is 151 Å². The molecule has 1 aromatic rings. The molecule has 8 heteroatoms. The second-order valence-electron chi connectivity index (χ2n) is 6.24. The Morgan fingerprint density at radius 2 is 2.08 bits per heavy atom. The van der Waals surface area contributed by atoms with Gasteiger partial charge in [-0.15, -0.1) is 5.11 Å². The fourth-order valence-corrected chi connectivity index (χ4v) is 3.50. The standard InChI is InChI=1S/C17H20ClN5O2/c18-13-7-3-6-12(10-13)15(11-4-1-2-5-11)21-16(24)19-9-8-14-20-17(25)23-22-14/h3,6-7,10-11,15H,1-2,4-5,8-9H2,(H2,19,21,24)/t15-/m0/s1. The number of nitrogens with zero attached hydrogens (tertiary/aromatic N) is 3. The predicted octanol–water partition coefficient (Wildman–Crippen LogP) is 4.24. The van der Waals surface area contributed by atoms with E-state index in [-0.39, 0.29) is 12.1 Å². The van der Waals surface area contributed by atoms with E-state index in [0.29, 0.717) is 29.7 Å². The summed E-state index contributed by atoms with van der Waals surface area (Å²) in [6.45, 7) is 0.337. The summed E-state index contributed by atoms with van der Waals surface area (Å²) >= 11 is 6.11. The molecule has 1 heterocycles. The van der Waals surface area contributed by atoms with Crippen molar-refractivity contribution >= 4 is 29.5 Å². The van der Waals surface area contributed by atoms with Crippen LogP contribution in [0.4, 0.5) is 9.59 Å². The Balaban J connectivity index is 1.57. The molecule has 4 amide bonds. The molecule has 1 fully saturated rings. The molecule has 132 valence electrons. The van der Waals surface area contributed by atoms with E-state index in [2.05, 4.69) is 25.9 Å². The molecule has 0 bridgehead atoms. The number of amides is 4. The monoisotopic (exact) mass is 361 g/mol. The van der Waals surface area contributed by atoms with Crippen molar-refractivity contribution in [3.05, 3.63) is 34.9 Å². The lowest BCUT2D eigenvalue weighted by Gasteiger charge is -2.25. The lowest BCUT2D eigenvalue weighted by Crippen LogP contribution is -2.40. The number of nitrogens with one attached hydrogen (secondary N) is 2. The summed E-state index contributed by atoms with van der Waals surface area (Å²) in [6.07, 6.45) is 4.93. The summed E-state index contributed by atoms with van der Waals surface area (Å²) in [4.78, 5) is 26.8. The van der Waals surface area contributed by atoms with Crippen molar-refractivity contribution in [1.29, 1.82) is 0 Å². The summed E-state index contributed by atoms with van der Waals surface area (Å²) in [5.74, 6) is 0.752. The summed E-state index contributed by atoms with van der Waals surface area (Å²) < 4.78 is 0. The van der Waals surface area contributed by atoms with Gasteiger partial charge in [-0.2, -0.15) is 4.99 Å². The largest absolute Gasteiger partial charge is 0.387 e. The highest BCUT2D eigenvalue weighted by molar-refractivity contribution is 6.30. The Bertz CT molecular complexity index is 713. The fourth-order valence-electron chi connectivity index (χ4n) is 3.31. The molecule has 2 N–H and O–H groups in total. The number of carbonyl (C=O) groups excluding carboxylic acids is 2. The number of hydrogen-bond donors (Lipinski definition) is 2. The Kier molecular flexibility index (Phi) is 5.75. The van der Waals surface area contributed by atoms with Gasteiger partial charge in [0.2, 0.25) is 0 Å². The summed E-state index contributed by atoms with van der Waals surface area (Å²) in [7, 11) is 0. The van der Waals surface area contributed by atoms with Gasteiger partial charge in [-0.05, 0) is 36.5 Å². The van der Waals surface area contributed by atoms with Crippen LogP contribution in [0.5, 0.6) is 0 Å². The van der Waals surface area contributed by atoms with Crippen LogP contribution in [0.15, 0.2) is 39.5 Å². The van der Waals surface area contributed by atoms with E-state index in [9.17, 15) is 9.59 Å². The first-order valence-corrected chi connectivity index (χ1v) is 8.83. The van der Waals surface area contributed by atoms with Crippen LogP contribution in [0, 0.1) is 5.92 Å². The summed E-state index contributed by atoms with van der Waals surface area (Å²) in [5.41, 5.74) is 1.02. The molecule has 3 rings (SSSR count). The van der Waals surface area contributed by atoms with Gasteiger partial charge in [0.1, 0.15) is 0 Å². The van der Waals surface area contributed by atoms with Gasteiger partial charge in [0.25, 0.3) is 0 Å². The number of halogens is 1. The maximum absolute atomic E-state index is 12.3. The molecule has 1 atom stereocenters. The minimum atomic E-state index is -0.596. The third-order valence-corrected chi connectivity index (χ3v) is 4.71. The molecule has 0 radical (unpaired) electrons. The first-order chi connectivity index (χ1) is 12.1. The molecule has 1 aromatic carbocycles. The van der Waals surface area contributed by atoms with Gasteiger partial charge in [0, 0.05) is 18.0 Å². The van der Waals surface area contributed by atoms with Crippen molar-refractivity contribution in [2.45, 2.75) is 38.1 Å². The van der Waals surface area contributed by atoms with Gasteiger partial charge in [0.05, 0.1) is 6.04 Å². The fraction of sp³-hybridized carbons (Fsp3) is 0.471. The van der Waals surface area contributed by atoms with Crippen LogP contribution < -0.4 is 10.6 Å². The molecule has 7 nitrogen and oxygen atoms in total. The SMILES string of the molecule is O=C1N=NC(CCNC(=O)N[C@H](c2cccc(Cl)c2)C2CCCC2)=N1. The molecule has 1 saturated carbocycles. The van der Waals surface area contributed by atoms with E-state index in [0.717, 1.165) is 18.4 Å². The average Bonchev–Trinajstić information content (AvgIpc) is 3.24. The minimum absolute atomic E-state index is 0.0636. The first-order valence-electron chi connectivity index (χ1n) is 8.45. The predicted molar refractivity (Wildman–Crippen MR) is 95.0 cm³/mol. The minimum Gasteiger partial charge on any atom is -0.338 e. The van der Waals surface area contributed by atoms with Gasteiger partial charge in [0.15, 0.2) is 5.84 Å². The number of hydrogen-bond acceptors (Lipinski definition) is 3. The Hall–Kier alpha value is -2.28. The van der Waals surface area contributed by atoms with Gasteiger partial charge in [-0.3, -0.25) is 0 Å². The molecule has 0 unspecified atom stereocenters. The van der Waals surface area contributed by atoms with Crippen LogP contribution in [0.1, 0.15) is 43.7 Å². The van der Waals surface area contributed by atoms with Crippen LogP contribution >= 0.6 is 11.6 Å². The molecule has 1 aliphatic carbocycles. The van der Waals surface area contributed by atoms with Crippen molar-refractivity contribution in [3.63, 3.8) is 0 Å². The maximum Gasteiger partial charge on any atom is 0.387 e. The summed E-state index contributed by atoms with van der Waals surface area (Å²) in [6, 6.07) is 6.72. The number of carbonyl (C=O) groups is 2. The topological polar surface area (TPSA) is 95.3 Å². The van der Waals surface area contributed by atoms with Crippen molar-refractivity contribution in [1.82, 2.24) is 10.6 Å². The van der Waals surface area contributed by atoms with E-state index in [1.54, 1.807) is 0 Å². The van der Waals surface area contributed by atoms with Crippen molar-refractivity contribution in [3.8, 4) is 0 Å². The summed E-state index contributed by atoms with van der Waals surface area (Å²) in [5, 5.41) is 13.5. The van der Waals surface area contributed by atoms with Crippen LogP contribution in [0.25, 0.3) is 0 Å². The van der Waals surface area contributed by atoms with E-state index >= 15 is 0 Å². The molecular formula is C17H20ClN5O2. The third-order valence-electron chi connectivity index (χ3n) is 4.48. The Morgan fingerprint density at radius 1 is 1.28 bits per heavy atom. The van der Waals surface area contributed by atoms with Gasteiger partial charge >= 0.3 is 12.1 Å². The van der Waals surface area contributed by atoms with Gasteiger partial charge in [-0.1, -0.05) is 41.7 Å². The molecule has 1 aliphatic heterocycles. The van der Waals surface area contributed by atoms with E-state index < -0.39 is 6.03 Å². The lowest BCUT2D eigenvalue weighted by molar-refractivity contribution is 0.231. The van der Waals surface area contributed by atoms with E-state index in [1.165, 1.54) is 12.8 Å². The lowest BCUT2D eigenvalue weighted by atomic mass is 9.92. The quantitative estimate of drug-likeness (QED) is 0.792. The zero-order chi connectivity index (χ0) is 17.6. The third kappa shape index (κ3) is 4.85. The molecule has 2 aliphatic rings. The van der Waals surface area contributed by atoms with E-state index in [1.807, 2.05) is 24.3 Å². The normalized spacial score (nSPS) is 18.3. The van der Waals surface area contributed by atoms with Crippen molar-refractivity contribution < 1.29 is 9.59 Å². The van der Waals surface area contributed by atoms with Crippen molar-refractivity contribution in [2.24, 2.45) is 21.1 Å². The number of azo groups is 1. The van der Waals surface area contributed by atoms with Gasteiger partial charge < -0.3 is 10.6 Å². The van der Waals surface area contributed by atoms with Crippen molar-refractivity contribution in [2.75, 3.05) is 6.54 Å². The van der Waals surface area contributed by atoms with Crippen LogP contribution in [-0.4, -0.2) is 24.4 Å². The maximum atomic E-state index is 12.3. The zero-order valence-electron chi connectivity index (χ0n) is 13.7. The second-order valence-corrected chi connectivity index (χ2v) is 6.67. The number of amidine groups is 1. The van der Waals surface area contributed by atoms with Crippen LogP contribution in [0.2, 0.25) is 5.02 Å². The highest BCUT2D eigenvalue weighted by Gasteiger charge is 2.27. The highest BCUT2D eigenvalue weighted by Crippen LogP contribution is 2.36. The first kappa shape index (κ1) is 17.5. The Morgan fingerprint density at radius 3 is 2.76 bits per heavy atom. The highest BCUT2D eigenvalue weighted by atomic mass is 35.5. The molecule has 0 spiro atoms. The van der Waals surface area contributed by atoms with Gasteiger partial charge in [-0.25, -0.2) is 9.59 Å². The molecule has 25 heavy (non-hydrogen) atoms. The van der Waals surface area contributed by atoms with Crippen LogP contribution in [-0.2, 0) is 0 Å². The number of benzene rings is 1. The smallest absolute Gasteiger partial charge is 0.338 e. The number of aliphatic imine (C=N–C) groups is 1. The zero-order valence-corrected chi connectivity index (χ0v) is 14.5. The molecule has 0 saturated heterocycles. The van der Waals surface area contributed by atoms with Crippen LogP contribution in [0.3, 0.4) is 0 Å². The number of rotatable bonds is 6. The average molecular weight is 362 g/mol. The van der Waals surface area contributed by atoms with E-state index in [4.69, 9.17) is 11.6 Å². The second kappa shape index (κ2) is 8.20. The molecular weight excluding hydrogens is 342 g/mol.